The average Bonchev–Trinajstić information content (AvgIpc) is 2.68. The molecule has 27 heavy (non-hydrogen) atoms. The van der Waals surface area contributed by atoms with E-state index in [2.05, 4.69) is 24.3 Å². The van der Waals surface area contributed by atoms with Gasteiger partial charge in [0.05, 0.1) is 17.8 Å². The highest BCUT2D eigenvalue weighted by Gasteiger charge is 2.45. The van der Waals surface area contributed by atoms with E-state index in [9.17, 15) is 13.2 Å². The van der Waals surface area contributed by atoms with Crippen LogP contribution in [0.4, 0.5) is 0 Å². The molecule has 1 aromatic carbocycles. The fraction of sp³-hybridized carbons (Fsp3) is 0.611. The van der Waals surface area contributed by atoms with Crippen LogP contribution in [-0.2, 0) is 19.6 Å². The van der Waals surface area contributed by atoms with Crippen LogP contribution in [0.15, 0.2) is 24.3 Å². The highest BCUT2D eigenvalue weighted by atomic mass is 32.2. The predicted octanol–water partition coefficient (Wildman–Crippen LogP) is 1.52. The maximum atomic E-state index is 13.1. The summed E-state index contributed by atoms with van der Waals surface area (Å²) in [7, 11) is -3.74. The second-order valence-corrected chi connectivity index (χ2v) is 9.42. The minimum absolute atomic E-state index is 0.139. The first-order valence-corrected chi connectivity index (χ1v) is 10.7. The Morgan fingerprint density at radius 1 is 1.15 bits per heavy atom. The fourth-order valence-electron chi connectivity index (χ4n) is 3.93. The largest absolute Gasteiger partial charge is 0.381 e. The third kappa shape index (κ3) is 4.33. The first-order valence-electron chi connectivity index (χ1n) is 9.15. The minimum atomic E-state index is -3.74. The van der Waals surface area contributed by atoms with Crippen LogP contribution in [0, 0.1) is 12.8 Å². The topological polar surface area (TPSA) is 107 Å². The number of sulfonamides is 1. The molecule has 2 atom stereocenters. The molecule has 150 valence electrons. The van der Waals surface area contributed by atoms with Gasteiger partial charge in [-0.1, -0.05) is 35.1 Å². The molecule has 0 radical (unpaired) electrons. The smallest absolute Gasteiger partial charge is 0.279 e. The lowest BCUT2D eigenvalue weighted by molar-refractivity contribution is -0.289. The highest BCUT2D eigenvalue weighted by molar-refractivity contribution is 7.89. The van der Waals surface area contributed by atoms with Crippen molar-refractivity contribution in [3.8, 4) is 0 Å². The second-order valence-electron chi connectivity index (χ2n) is 7.27. The summed E-state index contributed by atoms with van der Waals surface area (Å²) in [5, 5.41) is 16.5. The number of amides is 1. The van der Waals surface area contributed by atoms with E-state index in [0.29, 0.717) is 19.0 Å². The standard InChI is InChI=1S/C18H26N2O6S/c1-13-2-4-14(5-3-13)15-6-9-19(10-7-15)27(24,25)17-8-11-26-12-16(17)18(21)20(22)23/h2-5,15-17,22-23H,6-12H2,1H3. The van der Waals surface area contributed by atoms with E-state index in [0.717, 1.165) is 12.8 Å². The van der Waals surface area contributed by atoms with E-state index in [1.807, 2.05) is 6.92 Å². The van der Waals surface area contributed by atoms with Crippen LogP contribution in [0.1, 0.15) is 36.3 Å². The van der Waals surface area contributed by atoms with Crippen molar-refractivity contribution in [3.63, 3.8) is 0 Å². The van der Waals surface area contributed by atoms with Crippen molar-refractivity contribution in [2.24, 2.45) is 5.92 Å². The number of hydrogen-bond acceptors (Lipinski definition) is 6. The number of hydroxylamine groups is 2. The first kappa shape index (κ1) is 20.2. The maximum absolute atomic E-state index is 13.1. The van der Waals surface area contributed by atoms with Crippen molar-refractivity contribution in [2.45, 2.75) is 37.4 Å². The van der Waals surface area contributed by atoms with Crippen molar-refractivity contribution in [3.05, 3.63) is 35.4 Å². The Bertz CT molecular complexity index is 757. The minimum Gasteiger partial charge on any atom is -0.381 e. The van der Waals surface area contributed by atoms with Crippen LogP contribution in [-0.4, -0.2) is 65.8 Å². The third-order valence-corrected chi connectivity index (χ3v) is 7.97. The summed E-state index contributed by atoms with van der Waals surface area (Å²) in [5.41, 5.74) is 2.41. The highest BCUT2D eigenvalue weighted by Crippen LogP contribution is 2.33. The molecule has 0 saturated carbocycles. The summed E-state index contributed by atoms with van der Waals surface area (Å²) in [6, 6.07) is 8.31. The Balaban J connectivity index is 1.70. The zero-order chi connectivity index (χ0) is 19.6. The molecular formula is C18H26N2O6S. The van der Waals surface area contributed by atoms with Gasteiger partial charge in [-0.05, 0) is 37.7 Å². The molecule has 2 heterocycles. The van der Waals surface area contributed by atoms with Crippen LogP contribution in [0.3, 0.4) is 0 Å². The molecule has 8 nitrogen and oxygen atoms in total. The first-order chi connectivity index (χ1) is 12.8. The SMILES string of the molecule is Cc1ccc(C2CCN(S(=O)(=O)C3CCOCC3C(=O)N(O)O)CC2)cc1. The number of aryl methyl sites for hydroxylation is 1. The second kappa shape index (κ2) is 8.24. The number of ether oxygens (including phenoxy) is 1. The molecule has 9 heteroatoms. The fourth-order valence-corrected chi connectivity index (χ4v) is 6.03. The van der Waals surface area contributed by atoms with E-state index in [-0.39, 0.29) is 19.6 Å². The van der Waals surface area contributed by atoms with Gasteiger partial charge in [0, 0.05) is 19.7 Å². The summed E-state index contributed by atoms with van der Waals surface area (Å²) in [6.45, 7) is 2.90. The van der Waals surface area contributed by atoms with Crippen LogP contribution in [0.2, 0.25) is 0 Å². The Kier molecular flexibility index (Phi) is 6.17. The molecule has 0 spiro atoms. The van der Waals surface area contributed by atoms with Gasteiger partial charge in [0.1, 0.15) is 0 Å². The molecule has 0 aliphatic carbocycles. The zero-order valence-electron chi connectivity index (χ0n) is 15.3. The Labute approximate surface area is 159 Å². The monoisotopic (exact) mass is 398 g/mol. The van der Waals surface area contributed by atoms with Gasteiger partial charge in [-0.25, -0.2) is 12.7 Å². The molecule has 1 amide bonds. The number of benzene rings is 1. The zero-order valence-corrected chi connectivity index (χ0v) is 16.1. The van der Waals surface area contributed by atoms with Crippen LogP contribution >= 0.6 is 0 Å². The quantitative estimate of drug-likeness (QED) is 0.588. The van der Waals surface area contributed by atoms with Gasteiger partial charge in [0.25, 0.3) is 5.91 Å². The Hall–Kier alpha value is -1.52. The van der Waals surface area contributed by atoms with Gasteiger partial charge < -0.3 is 4.74 Å². The maximum Gasteiger partial charge on any atom is 0.279 e. The molecule has 2 fully saturated rings. The van der Waals surface area contributed by atoms with Gasteiger partial charge in [0.15, 0.2) is 0 Å². The van der Waals surface area contributed by atoms with E-state index in [1.54, 1.807) is 0 Å². The molecule has 0 aromatic heterocycles. The van der Waals surface area contributed by atoms with Crippen molar-refractivity contribution < 1.29 is 28.4 Å². The normalized spacial score (nSPS) is 25.3. The molecule has 1 aromatic rings. The molecule has 2 N–H and O–H groups in total. The molecule has 2 aliphatic heterocycles. The van der Waals surface area contributed by atoms with E-state index >= 15 is 0 Å². The lowest BCUT2D eigenvalue weighted by Gasteiger charge is -2.37. The Morgan fingerprint density at radius 2 is 1.78 bits per heavy atom. The van der Waals surface area contributed by atoms with E-state index < -0.39 is 32.3 Å². The number of rotatable bonds is 4. The molecule has 2 unspecified atom stereocenters. The van der Waals surface area contributed by atoms with Crippen LogP contribution < -0.4 is 0 Å². The summed E-state index contributed by atoms with van der Waals surface area (Å²) < 4.78 is 32.8. The molecular weight excluding hydrogens is 372 g/mol. The molecule has 2 aliphatic rings. The third-order valence-electron chi connectivity index (χ3n) is 5.55. The molecule has 2 saturated heterocycles. The van der Waals surface area contributed by atoms with Crippen molar-refractivity contribution in [1.29, 1.82) is 0 Å². The number of nitrogens with zero attached hydrogens (tertiary/aromatic N) is 2. The lowest BCUT2D eigenvalue weighted by Crippen LogP contribution is -2.52. The molecule has 0 bridgehead atoms. The van der Waals surface area contributed by atoms with Gasteiger partial charge in [-0.2, -0.15) is 0 Å². The summed E-state index contributed by atoms with van der Waals surface area (Å²) in [4.78, 5) is 12.0. The van der Waals surface area contributed by atoms with Crippen LogP contribution in [0.25, 0.3) is 0 Å². The van der Waals surface area contributed by atoms with Crippen molar-refractivity contribution >= 4 is 15.9 Å². The van der Waals surface area contributed by atoms with Gasteiger partial charge in [-0.15, -0.1) is 0 Å². The summed E-state index contributed by atoms with van der Waals surface area (Å²) in [5.74, 6) is -1.86. The lowest BCUT2D eigenvalue weighted by atomic mass is 9.90. The average molecular weight is 398 g/mol. The van der Waals surface area contributed by atoms with E-state index in [4.69, 9.17) is 15.2 Å². The molecule has 3 rings (SSSR count). The summed E-state index contributed by atoms with van der Waals surface area (Å²) in [6.07, 6.45) is 1.59. The van der Waals surface area contributed by atoms with Crippen molar-refractivity contribution in [1.82, 2.24) is 9.53 Å². The van der Waals surface area contributed by atoms with Crippen molar-refractivity contribution in [2.75, 3.05) is 26.3 Å². The van der Waals surface area contributed by atoms with Gasteiger partial charge >= 0.3 is 0 Å². The number of hydrogen-bond donors (Lipinski definition) is 2. The van der Waals surface area contributed by atoms with Gasteiger partial charge in [-0.3, -0.25) is 15.2 Å². The van der Waals surface area contributed by atoms with Crippen LogP contribution in [0.5, 0.6) is 0 Å². The number of carbonyl (C=O) groups is 1. The number of carbonyl (C=O) groups excluding carboxylic acids is 1. The Morgan fingerprint density at radius 3 is 2.37 bits per heavy atom. The van der Waals surface area contributed by atoms with Gasteiger partial charge in [0.2, 0.25) is 10.0 Å². The van der Waals surface area contributed by atoms with E-state index in [1.165, 1.54) is 15.4 Å². The number of piperidine rings is 1. The predicted molar refractivity (Wildman–Crippen MR) is 96.8 cm³/mol. The summed E-state index contributed by atoms with van der Waals surface area (Å²) >= 11 is 0.